The minimum absolute atomic E-state index is 0.0252. The van der Waals surface area contributed by atoms with E-state index in [0.717, 1.165) is 16.4 Å². The van der Waals surface area contributed by atoms with Crippen molar-refractivity contribution < 1.29 is 9.90 Å². The van der Waals surface area contributed by atoms with Crippen LogP contribution in [0.2, 0.25) is 0 Å². The molecular weight excluding hydrogens is 248 g/mol. The number of aliphatic carboxylic acids is 1. The molecule has 0 radical (unpaired) electrons. The zero-order valence-electron chi connectivity index (χ0n) is 10.0. The predicted octanol–water partition coefficient (Wildman–Crippen LogP) is 2.54. The highest BCUT2D eigenvalue weighted by molar-refractivity contribution is 7.09. The van der Waals surface area contributed by atoms with Gasteiger partial charge < -0.3 is 10.0 Å². The number of hydrogen-bond acceptors (Lipinski definition) is 4. The molecule has 1 aromatic heterocycles. The largest absolute Gasteiger partial charge is 0.480 e. The Balaban J connectivity index is 2.18. The Labute approximate surface area is 110 Å². The number of thiazole rings is 1. The van der Waals surface area contributed by atoms with Crippen molar-refractivity contribution in [2.45, 2.75) is 13.5 Å². The molecule has 1 aromatic carbocycles. The topological polar surface area (TPSA) is 53.4 Å². The average molecular weight is 262 g/mol. The fraction of sp³-hybridized carbons (Fsp3) is 0.231. The number of hydrogen-bond donors (Lipinski definition) is 1. The number of anilines is 1. The Hall–Kier alpha value is -1.88. The van der Waals surface area contributed by atoms with Crippen LogP contribution >= 0.6 is 11.3 Å². The van der Waals surface area contributed by atoms with E-state index >= 15 is 0 Å². The van der Waals surface area contributed by atoms with E-state index in [0.29, 0.717) is 6.54 Å². The van der Waals surface area contributed by atoms with E-state index in [1.54, 1.807) is 16.2 Å². The number of para-hydroxylation sites is 1. The molecule has 0 fully saturated rings. The number of carboxylic acid groups (broad SMARTS) is 1. The minimum Gasteiger partial charge on any atom is -0.480 e. The molecule has 0 spiro atoms. The Morgan fingerprint density at radius 2 is 2.11 bits per heavy atom. The Morgan fingerprint density at radius 3 is 2.67 bits per heavy atom. The molecule has 0 saturated carbocycles. The summed E-state index contributed by atoms with van der Waals surface area (Å²) in [5, 5.41) is 11.9. The quantitative estimate of drug-likeness (QED) is 0.899. The number of aryl methyl sites for hydroxylation is 1. The lowest BCUT2D eigenvalue weighted by molar-refractivity contribution is -0.135. The fourth-order valence-electron chi connectivity index (χ4n) is 1.68. The summed E-state index contributed by atoms with van der Waals surface area (Å²) < 4.78 is 0. The van der Waals surface area contributed by atoms with Gasteiger partial charge in [-0.15, -0.1) is 11.3 Å². The summed E-state index contributed by atoms with van der Waals surface area (Å²) in [6.45, 7) is 2.43. The molecule has 0 amide bonds. The SMILES string of the molecule is Cc1csc(CN(CC(=O)O)c2ccccc2)n1. The lowest BCUT2D eigenvalue weighted by Crippen LogP contribution is -2.29. The highest BCUT2D eigenvalue weighted by Crippen LogP contribution is 2.18. The normalized spacial score (nSPS) is 10.3. The van der Waals surface area contributed by atoms with Crippen LogP contribution in [0.25, 0.3) is 0 Å². The molecule has 0 unspecified atom stereocenters. The maximum absolute atomic E-state index is 10.9. The lowest BCUT2D eigenvalue weighted by atomic mass is 10.3. The van der Waals surface area contributed by atoms with Crippen LogP contribution in [-0.4, -0.2) is 22.6 Å². The minimum atomic E-state index is -0.841. The first-order chi connectivity index (χ1) is 8.65. The van der Waals surface area contributed by atoms with Crippen molar-refractivity contribution in [1.82, 2.24) is 4.98 Å². The summed E-state index contributed by atoms with van der Waals surface area (Å²) >= 11 is 1.55. The molecule has 0 bridgehead atoms. The third kappa shape index (κ3) is 3.30. The van der Waals surface area contributed by atoms with Crippen molar-refractivity contribution in [2.75, 3.05) is 11.4 Å². The molecule has 4 nitrogen and oxygen atoms in total. The number of benzene rings is 1. The summed E-state index contributed by atoms with van der Waals surface area (Å²) in [6, 6.07) is 9.53. The first-order valence-electron chi connectivity index (χ1n) is 5.58. The van der Waals surface area contributed by atoms with Gasteiger partial charge in [0.15, 0.2) is 0 Å². The third-order valence-electron chi connectivity index (χ3n) is 2.44. The standard InChI is InChI=1S/C13H14N2O2S/c1-10-9-18-12(14-10)7-15(8-13(16)17)11-5-3-2-4-6-11/h2-6,9H,7-8H2,1H3,(H,16,17). The van der Waals surface area contributed by atoms with Crippen molar-refractivity contribution >= 4 is 23.0 Å². The van der Waals surface area contributed by atoms with Crippen molar-refractivity contribution in [1.29, 1.82) is 0 Å². The van der Waals surface area contributed by atoms with Gasteiger partial charge in [-0.2, -0.15) is 0 Å². The van der Waals surface area contributed by atoms with Crippen molar-refractivity contribution in [3.8, 4) is 0 Å². The molecule has 1 N–H and O–H groups in total. The maximum atomic E-state index is 10.9. The number of carboxylic acids is 1. The van der Waals surface area contributed by atoms with Gasteiger partial charge in [0.1, 0.15) is 11.6 Å². The van der Waals surface area contributed by atoms with Crippen LogP contribution in [0, 0.1) is 6.92 Å². The summed E-state index contributed by atoms with van der Waals surface area (Å²) in [7, 11) is 0. The maximum Gasteiger partial charge on any atom is 0.323 e. The van der Waals surface area contributed by atoms with Gasteiger partial charge in [-0.25, -0.2) is 4.98 Å². The molecule has 2 rings (SSSR count). The predicted molar refractivity (Wildman–Crippen MR) is 72.0 cm³/mol. The van der Waals surface area contributed by atoms with Crippen LogP contribution in [0.1, 0.15) is 10.7 Å². The van der Waals surface area contributed by atoms with Gasteiger partial charge >= 0.3 is 5.97 Å². The molecule has 2 aromatic rings. The number of carbonyl (C=O) groups is 1. The molecule has 0 aliphatic heterocycles. The van der Waals surface area contributed by atoms with E-state index in [1.807, 2.05) is 42.6 Å². The van der Waals surface area contributed by atoms with Gasteiger partial charge in [-0.3, -0.25) is 4.79 Å². The Morgan fingerprint density at radius 1 is 1.39 bits per heavy atom. The Bertz CT molecular complexity index is 525. The number of aromatic nitrogens is 1. The van der Waals surface area contributed by atoms with Crippen LogP contribution in [0.3, 0.4) is 0 Å². The van der Waals surface area contributed by atoms with E-state index in [9.17, 15) is 4.79 Å². The zero-order valence-corrected chi connectivity index (χ0v) is 10.9. The number of rotatable bonds is 5. The molecular formula is C13H14N2O2S. The highest BCUT2D eigenvalue weighted by atomic mass is 32.1. The first-order valence-corrected chi connectivity index (χ1v) is 6.46. The molecule has 5 heteroatoms. The molecule has 18 heavy (non-hydrogen) atoms. The zero-order chi connectivity index (χ0) is 13.0. The molecule has 1 heterocycles. The van der Waals surface area contributed by atoms with E-state index < -0.39 is 5.97 Å². The second kappa shape index (κ2) is 5.64. The third-order valence-corrected chi connectivity index (χ3v) is 3.39. The van der Waals surface area contributed by atoms with Gasteiger partial charge in [0.2, 0.25) is 0 Å². The average Bonchev–Trinajstić information content (AvgIpc) is 2.75. The van der Waals surface area contributed by atoms with Crippen molar-refractivity contribution in [2.24, 2.45) is 0 Å². The summed E-state index contributed by atoms with van der Waals surface area (Å²) in [5.74, 6) is -0.841. The van der Waals surface area contributed by atoms with Crippen LogP contribution in [0.15, 0.2) is 35.7 Å². The van der Waals surface area contributed by atoms with Gasteiger partial charge in [-0.1, -0.05) is 18.2 Å². The van der Waals surface area contributed by atoms with E-state index in [2.05, 4.69) is 4.98 Å². The van der Waals surface area contributed by atoms with Crippen molar-refractivity contribution in [3.63, 3.8) is 0 Å². The van der Waals surface area contributed by atoms with Crippen LogP contribution in [0.4, 0.5) is 5.69 Å². The van der Waals surface area contributed by atoms with Crippen LogP contribution < -0.4 is 4.90 Å². The lowest BCUT2D eigenvalue weighted by Gasteiger charge is -2.21. The van der Waals surface area contributed by atoms with Crippen molar-refractivity contribution in [3.05, 3.63) is 46.4 Å². The highest BCUT2D eigenvalue weighted by Gasteiger charge is 2.12. The summed E-state index contributed by atoms with van der Waals surface area (Å²) in [5.41, 5.74) is 1.87. The molecule has 0 aliphatic rings. The molecule has 0 atom stereocenters. The fourth-order valence-corrected chi connectivity index (χ4v) is 2.47. The van der Waals surface area contributed by atoms with E-state index in [1.165, 1.54) is 0 Å². The Kier molecular flexibility index (Phi) is 3.94. The van der Waals surface area contributed by atoms with E-state index in [-0.39, 0.29) is 6.54 Å². The van der Waals surface area contributed by atoms with Gasteiger partial charge in [0.05, 0.1) is 6.54 Å². The summed E-state index contributed by atoms with van der Waals surface area (Å²) in [6.07, 6.45) is 0. The molecule has 94 valence electrons. The number of nitrogens with zero attached hydrogens (tertiary/aromatic N) is 2. The van der Waals surface area contributed by atoms with Gasteiger partial charge in [0.25, 0.3) is 0 Å². The second-order valence-electron chi connectivity index (χ2n) is 3.97. The monoisotopic (exact) mass is 262 g/mol. The van der Waals surface area contributed by atoms with Crippen LogP contribution in [-0.2, 0) is 11.3 Å². The second-order valence-corrected chi connectivity index (χ2v) is 4.91. The van der Waals surface area contributed by atoms with Gasteiger partial charge in [-0.05, 0) is 19.1 Å². The van der Waals surface area contributed by atoms with Gasteiger partial charge in [0, 0.05) is 16.8 Å². The van der Waals surface area contributed by atoms with Crippen LogP contribution in [0.5, 0.6) is 0 Å². The smallest absolute Gasteiger partial charge is 0.323 e. The van der Waals surface area contributed by atoms with E-state index in [4.69, 9.17) is 5.11 Å². The first kappa shape index (κ1) is 12.6. The molecule has 0 aliphatic carbocycles. The summed E-state index contributed by atoms with van der Waals surface area (Å²) in [4.78, 5) is 17.1. The molecule has 0 saturated heterocycles.